The van der Waals surface area contributed by atoms with E-state index in [1.54, 1.807) is 6.92 Å². The third-order valence-corrected chi connectivity index (χ3v) is 6.69. The first-order valence-corrected chi connectivity index (χ1v) is 11.4. The quantitative estimate of drug-likeness (QED) is 0.717. The number of hydrogen-bond donors (Lipinski definition) is 1. The highest BCUT2D eigenvalue weighted by Gasteiger charge is 2.29. The second-order valence-corrected chi connectivity index (χ2v) is 8.90. The molecule has 2 aromatic carbocycles. The van der Waals surface area contributed by atoms with E-state index < -0.39 is 23.4 Å². The predicted octanol–water partition coefficient (Wildman–Crippen LogP) is 4.50. The SMILES string of the molecule is Cc1c(CN2CCN(C(=O)C3CCCC3)CC2)cc(F)cc1NC(=O)c1ccc(F)c(F)c1. The Kier molecular flexibility index (Phi) is 7.02. The molecule has 1 heterocycles. The van der Waals surface area contributed by atoms with Gasteiger partial charge in [0.25, 0.3) is 5.91 Å². The Morgan fingerprint density at radius 1 is 0.970 bits per heavy atom. The summed E-state index contributed by atoms with van der Waals surface area (Å²) in [4.78, 5) is 29.2. The minimum atomic E-state index is -1.12. The molecule has 2 aromatic rings. The van der Waals surface area contributed by atoms with Gasteiger partial charge in [-0.2, -0.15) is 0 Å². The summed E-state index contributed by atoms with van der Waals surface area (Å²) in [6.07, 6.45) is 4.23. The lowest BCUT2D eigenvalue weighted by Gasteiger charge is -2.36. The van der Waals surface area contributed by atoms with Crippen LogP contribution in [-0.4, -0.2) is 47.8 Å². The van der Waals surface area contributed by atoms with Gasteiger partial charge < -0.3 is 10.2 Å². The summed E-state index contributed by atoms with van der Waals surface area (Å²) in [6, 6.07) is 5.53. The number of piperazine rings is 1. The smallest absolute Gasteiger partial charge is 0.255 e. The van der Waals surface area contributed by atoms with E-state index in [0.29, 0.717) is 38.3 Å². The standard InChI is InChI=1S/C25H28F3N3O2/c1-16-19(15-30-8-10-31(11-9-30)25(33)17-4-2-3-5-17)12-20(26)14-23(16)29-24(32)18-6-7-21(27)22(28)13-18/h6-7,12-14,17H,2-5,8-11,15H2,1H3,(H,29,32). The Balaban J connectivity index is 1.40. The van der Waals surface area contributed by atoms with Crippen LogP contribution in [0.1, 0.15) is 47.2 Å². The Bertz CT molecular complexity index is 1050. The molecule has 0 atom stereocenters. The van der Waals surface area contributed by atoms with Crippen molar-refractivity contribution in [2.45, 2.75) is 39.2 Å². The second kappa shape index (κ2) is 9.95. The monoisotopic (exact) mass is 459 g/mol. The largest absolute Gasteiger partial charge is 0.340 e. The number of nitrogens with zero attached hydrogens (tertiary/aromatic N) is 2. The van der Waals surface area contributed by atoms with Crippen LogP contribution >= 0.6 is 0 Å². The van der Waals surface area contributed by atoms with Crippen molar-refractivity contribution in [3.63, 3.8) is 0 Å². The van der Waals surface area contributed by atoms with Gasteiger partial charge in [-0.05, 0) is 61.2 Å². The van der Waals surface area contributed by atoms with Gasteiger partial charge in [-0.25, -0.2) is 13.2 Å². The number of hydrogen-bond acceptors (Lipinski definition) is 3. The topological polar surface area (TPSA) is 52.6 Å². The third-order valence-electron chi connectivity index (χ3n) is 6.69. The van der Waals surface area contributed by atoms with Crippen molar-refractivity contribution in [3.8, 4) is 0 Å². The summed E-state index contributed by atoms with van der Waals surface area (Å²) in [6.45, 7) is 4.99. The van der Waals surface area contributed by atoms with E-state index >= 15 is 0 Å². The van der Waals surface area contributed by atoms with Crippen LogP contribution in [0.4, 0.5) is 18.9 Å². The molecule has 0 spiro atoms. The van der Waals surface area contributed by atoms with Crippen LogP contribution in [0, 0.1) is 30.3 Å². The first-order valence-electron chi connectivity index (χ1n) is 11.4. The van der Waals surface area contributed by atoms with Gasteiger partial charge in [0.1, 0.15) is 5.82 Å². The number of carbonyl (C=O) groups excluding carboxylic acids is 2. The van der Waals surface area contributed by atoms with Gasteiger partial charge in [0.15, 0.2) is 11.6 Å². The number of benzene rings is 2. The Labute approximate surface area is 191 Å². The van der Waals surface area contributed by atoms with Crippen LogP contribution in [0.2, 0.25) is 0 Å². The normalized spacial score (nSPS) is 17.4. The fourth-order valence-corrected chi connectivity index (χ4v) is 4.66. The average molecular weight is 460 g/mol. The van der Waals surface area contributed by atoms with Gasteiger partial charge in [0, 0.05) is 49.9 Å². The summed E-state index contributed by atoms with van der Waals surface area (Å²) in [5.41, 5.74) is 1.67. The molecule has 2 aliphatic rings. The van der Waals surface area contributed by atoms with Crippen molar-refractivity contribution >= 4 is 17.5 Å². The molecule has 1 aliphatic carbocycles. The molecule has 33 heavy (non-hydrogen) atoms. The van der Waals surface area contributed by atoms with Crippen LogP contribution in [0.25, 0.3) is 0 Å². The van der Waals surface area contributed by atoms with Crippen molar-refractivity contribution in [3.05, 3.63) is 64.5 Å². The molecule has 4 rings (SSSR count). The van der Waals surface area contributed by atoms with Gasteiger partial charge in [-0.3, -0.25) is 14.5 Å². The van der Waals surface area contributed by atoms with Crippen LogP contribution in [0.15, 0.2) is 30.3 Å². The van der Waals surface area contributed by atoms with Crippen LogP contribution < -0.4 is 5.32 Å². The molecule has 2 amide bonds. The zero-order valence-corrected chi connectivity index (χ0v) is 18.7. The zero-order valence-electron chi connectivity index (χ0n) is 18.7. The van der Waals surface area contributed by atoms with Crippen molar-refractivity contribution in [2.75, 3.05) is 31.5 Å². The second-order valence-electron chi connectivity index (χ2n) is 8.90. The molecule has 0 bridgehead atoms. The molecule has 1 aliphatic heterocycles. The molecular formula is C25H28F3N3O2. The lowest BCUT2D eigenvalue weighted by Crippen LogP contribution is -2.49. The molecule has 8 heteroatoms. The third kappa shape index (κ3) is 5.38. The number of rotatable bonds is 5. The van der Waals surface area contributed by atoms with E-state index in [4.69, 9.17) is 0 Å². The maximum Gasteiger partial charge on any atom is 0.255 e. The summed E-state index contributed by atoms with van der Waals surface area (Å²) in [5.74, 6) is -2.87. The summed E-state index contributed by atoms with van der Waals surface area (Å²) in [7, 11) is 0. The summed E-state index contributed by atoms with van der Waals surface area (Å²) in [5, 5.41) is 2.61. The van der Waals surface area contributed by atoms with Crippen molar-refractivity contribution in [1.29, 1.82) is 0 Å². The molecule has 1 saturated heterocycles. The molecular weight excluding hydrogens is 431 g/mol. The van der Waals surface area contributed by atoms with E-state index in [1.807, 2.05) is 4.90 Å². The fraction of sp³-hybridized carbons (Fsp3) is 0.440. The summed E-state index contributed by atoms with van der Waals surface area (Å²) >= 11 is 0. The Hall–Kier alpha value is -2.87. The van der Waals surface area contributed by atoms with E-state index in [1.165, 1.54) is 18.2 Å². The first kappa shape index (κ1) is 23.3. The fourth-order valence-electron chi connectivity index (χ4n) is 4.66. The van der Waals surface area contributed by atoms with Gasteiger partial charge in [-0.15, -0.1) is 0 Å². The molecule has 176 valence electrons. The lowest BCUT2D eigenvalue weighted by molar-refractivity contribution is -0.137. The molecule has 1 N–H and O–H groups in total. The van der Waals surface area contributed by atoms with Crippen molar-refractivity contribution in [1.82, 2.24) is 9.80 Å². The molecule has 0 aromatic heterocycles. The van der Waals surface area contributed by atoms with Crippen molar-refractivity contribution < 1.29 is 22.8 Å². The van der Waals surface area contributed by atoms with Crippen LogP contribution in [0.3, 0.4) is 0 Å². The van der Waals surface area contributed by atoms with E-state index in [-0.39, 0.29) is 23.1 Å². The molecule has 2 fully saturated rings. The van der Waals surface area contributed by atoms with Crippen LogP contribution in [-0.2, 0) is 11.3 Å². The van der Waals surface area contributed by atoms with E-state index in [2.05, 4.69) is 10.2 Å². The molecule has 5 nitrogen and oxygen atoms in total. The highest BCUT2D eigenvalue weighted by atomic mass is 19.2. The highest BCUT2D eigenvalue weighted by Crippen LogP contribution is 2.28. The number of anilines is 1. The van der Waals surface area contributed by atoms with Gasteiger partial charge in [0.05, 0.1) is 0 Å². The van der Waals surface area contributed by atoms with E-state index in [0.717, 1.165) is 43.4 Å². The molecule has 0 unspecified atom stereocenters. The van der Waals surface area contributed by atoms with Gasteiger partial charge in [-0.1, -0.05) is 12.8 Å². The lowest BCUT2D eigenvalue weighted by atomic mass is 10.0. The molecule has 0 radical (unpaired) electrons. The predicted molar refractivity (Wildman–Crippen MR) is 119 cm³/mol. The maximum atomic E-state index is 14.3. The zero-order chi connectivity index (χ0) is 23.5. The number of nitrogens with one attached hydrogen (secondary N) is 1. The maximum absolute atomic E-state index is 14.3. The van der Waals surface area contributed by atoms with Crippen LogP contribution in [0.5, 0.6) is 0 Å². The minimum absolute atomic E-state index is 0.0536. The number of amides is 2. The Morgan fingerprint density at radius 2 is 1.67 bits per heavy atom. The molecule has 1 saturated carbocycles. The number of carbonyl (C=O) groups is 2. The minimum Gasteiger partial charge on any atom is -0.340 e. The van der Waals surface area contributed by atoms with Gasteiger partial charge >= 0.3 is 0 Å². The Morgan fingerprint density at radius 3 is 2.33 bits per heavy atom. The average Bonchev–Trinajstić information content (AvgIpc) is 3.34. The van der Waals surface area contributed by atoms with Crippen molar-refractivity contribution in [2.24, 2.45) is 5.92 Å². The van der Waals surface area contributed by atoms with E-state index in [9.17, 15) is 22.8 Å². The van der Waals surface area contributed by atoms with Gasteiger partial charge in [0.2, 0.25) is 5.91 Å². The summed E-state index contributed by atoms with van der Waals surface area (Å²) < 4.78 is 41.0. The highest BCUT2D eigenvalue weighted by molar-refractivity contribution is 6.04. The first-order chi connectivity index (χ1) is 15.8. The number of halogens is 3.